The standard InChI is InChI=1S/C27H20FN3O4/c1-35-17-12-10-15(11-13-17)25(32)24-22-21(23-18-7-3-2-6-16(18)14-29-31(23)24)26(33)30(27(22)34)20-9-5-4-8-19(20)28/h2-14,21-24H,1H3/t21-,22+,23+,24-/m0/s1. The lowest BCUT2D eigenvalue weighted by molar-refractivity contribution is -0.124. The van der Waals surface area contributed by atoms with Crippen LogP contribution < -0.4 is 9.64 Å². The molecule has 0 saturated carbocycles. The molecule has 2 fully saturated rings. The molecule has 3 aromatic rings. The number of hydrogen-bond donors (Lipinski definition) is 0. The van der Waals surface area contributed by atoms with E-state index >= 15 is 0 Å². The maximum Gasteiger partial charge on any atom is 0.240 e. The molecule has 3 aliphatic heterocycles. The summed E-state index contributed by atoms with van der Waals surface area (Å²) < 4.78 is 19.9. The van der Waals surface area contributed by atoms with Gasteiger partial charge in [0.2, 0.25) is 11.8 Å². The van der Waals surface area contributed by atoms with Crippen molar-refractivity contribution in [2.24, 2.45) is 16.9 Å². The Morgan fingerprint density at radius 2 is 1.60 bits per heavy atom. The lowest BCUT2D eigenvalue weighted by Gasteiger charge is -2.33. The summed E-state index contributed by atoms with van der Waals surface area (Å²) in [6, 6.07) is 18.1. The molecule has 6 rings (SSSR count). The van der Waals surface area contributed by atoms with Gasteiger partial charge in [-0.2, -0.15) is 5.10 Å². The number of rotatable bonds is 4. The Morgan fingerprint density at radius 1 is 0.914 bits per heavy atom. The molecule has 3 heterocycles. The summed E-state index contributed by atoms with van der Waals surface area (Å²) in [5.74, 6) is -3.44. The van der Waals surface area contributed by atoms with E-state index in [4.69, 9.17) is 4.74 Å². The fraction of sp³-hybridized carbons (Fsp3) is 0.185. The fourth-order valence-electron chi connectivity index (χ4n) is 5.47. The van der Waals surface area contributed by atoms with Crippen LogP contribution in [-0.2, 0) is 9.59 Å². The molecule has 0 bridgehead atoms. The van der Waals surface area contributed by atoms with Crippen molar-refractivity contribution >= 4 is 29.5 Å². The number of fused-ring (bicyclic) bond motifs is 5. The van der Waals surface area contributed by atoms with Gasteiger partial charge < -0.3 is 4.74 Å². The van der Waals surface area contributed by atoms with Crippen molar-refractivity contribution in [1.29, 1.82) is 0 Å². The van der Waals surface area contributed by atoms with Crippen molar-refractivity contribution in [2.75, 3.05) is 12.0 Å². The van der Waals surface area contributed by atoms with E-state index in [0.29, 0.717) is 11.3 Å². The zero-order valence-electron chi connectivity index (χ0n) is 18.7. The second-order valence-electron chi connectivity index (χ2n) is 8.75. The molecule has 7 nitrogen and oxygen atoms in total. The lowest BCUT2D eigenvalue weighted by Crippen LogP contribution is -2.44. The van der Waals surface area contributed by atoms with E-state index in [-0.39, 0.29) is 11.5 Å². The van der Waals surface area contributed by atoms with Crippen LogP contribution in [0.15, 0.2) is 77.9 Å². The average Bonchev–Trinajstić information content (AvgIpc) is 3.36. The summed E-state index contributed by atoms with van der Waals surface area (Å²) >= 11 is 0. The number of ketones is 1. The van der Waals surface area contributed by atoms with E-state index in [2.05, 4.69) is 5.10 Å². The number of anilines is 1. The average molecular weight is 469 g/mol. The molecule has 174 valence electrons. The zero-order chi connectivity index (χ0) is 24.3. The van der Waals surface area contributed by atoms with Crippen molar-refractivity contribution < 1.29 is 23.5 Å². The van der Waals surface area contributed by atoms with E-state index in [1.807, 2.05) is 24.3 Å². The molecule has 8 heteroatoms. The SMILES string of the molecule is COc1ccc(C(=O)[C@@H]2[C@@H]3C(=O)N(c4ccccc4F)C(=O)[C@@H]3[C@H]3c4ccccc4C=NN23)cc1. The number of Topliss-reactive ketones (excluding diaryl/α,β-unsaturated/α-hetero) is 1. The largest absolute Gasteiger partial charge is 0.497 e. The van der Waals surface area contributed by atoms with Crippen molar-refractivity contribution in [2.45, 2.75) is 12.1 Å². The number of benzene rings is 3. The highest BCUT2D eigenvalue weighted by Gasteiger charge is 2.65. The Kier molecular flexibility index (Phi) is 4.77. The van der Waals surface area contributed by atoms with Crippen LogP contribution in [0.1, 0.15) is 27.5 Å². The zero-order valence-corrected chi connectivity index (χ0v) is 18.7. The van der Waals surface area contributed by atoms with Crippen LogP contribution in [0.5, 0.6) is 5.75 Å². The van der Waals surface area contributed by atoms with Crippen LogP contribution in [0.2, 0.25) is 0 Å². The fourth-order valence-corrected chi connectivity index (χ4v) is 5.47. The van der Waals surface area contributed by atoms with Crippen molar-refractivity contribution in [3.63, 3.8) is 0 Å². The van der Waals surface area contributed by atoms with Gasteiger partial charge in [-0.3, -0.25) is 19.4 Å². The third-order valence-corrected chi connectivity index (χ3v) is 7.03. The normalized spacial score (nSPS) is 24.3. The molecule has 0 radical (unpaired) electrons. The number of para-hydroxylation sites is 1. The molecule has 2 saturated heterocycles. The molecule has 0 N–H and O–H groups in total. The van der Waals surface area contributed by atoms with Gasteiger partial charge >= 0.3 is 0 Å². The van der Waals surface area contributed by atoms with E-state index in [1.54, 1.807) is 41.6 Å². The number of halogens is 1. The van der Waals surface area contributed by atoms with Gasteiger partial charge in [-0.25, -0.2) is 9.29 Å². The Hall–Kier alpha value is -4.33. The smallest absolute Gasteiger partial charge is 0.240 e. The van der Waals surface area contributed by atoms with Crippen LogP contribution in [0.25, 0.3) is 0 Å². The summed E-state index contributed by atoms with van der Waals surface area (Å²) in [7, 11) is 1.53. The number of carbonyl (C=O) groups is 3. The minimum atomic E-state index is -1.02. The maximum absolute atomic E-state index is 14.7. The van der Waals surface area contributed by atoms with Crippen molar-refractivity contribution in [3.8, 4) is 5.75 Å². The van der Waals surface area contributed by atoms with Crippen molar-refractivity contribution in [1.82, 2.24) is 5.01 Å². The number of hydrazone groups is 1. The molecule has 0 aliphatic carbocycles. The minimum Gasteiger partial charge on any atom is -0.497 e. The second kappa shape index (κ2) is 7.87. The van der Waals surface area contributed by atoms with Crippen LogP contribution in [0.4, 0.5) is 10.1 Å². The van der Waals surface area contributed by atoms with Crippen LogP contribution in [0.3, 0.4) is 0 Å². The Labute approximate surface area is 200 Å². The Bertz CT molecular complexity index is 1400. The topological polar surface area (TPSA) is 79.3 Å². The number of nitrogens with zero attached hydrogens (tertiary/aromatic N) is 3. The van der Waals surface area contributed by atoms with Gasteiger partial charge in [-0.15, -0.1) is 0 Å². The van der Waals surface area contributed by atoms with Gasteiger partial charge in [0.25, 0.3) is 0 Å². The number of imide groups is 1. The molecule has 3 aliphatic rings. The van der Waals surface area contributed by atoms with Crippen molar-refractivity contribution in [3.05, 3.63) is 95.3 Å². The summed E-state index contributed by atoms with van der Waals surface area (Å²) in [6.07, 6.45) is 1.64. The maximum atomic E-state index is 14.7. The van der Waals surface area contributed by atoms with E-state index < -0.39 is 41.6 Å². The number of carbonyl (C=O) groups excluding carboxylic acids is 3. The first-order valence-electron chi connectivity index (χ1n) is 11.2. The predicted octanol–water partition coefficient (Wildman–Crippen LogP) is 3.60. The van der Waals surface area contributed by atoms with Crippen LogP contribution in [-0.4, -0.2) is 42.0 Å². The molecule has 4 atom stereocenters. The highest BCUT2D eigenvalue weighted by molar-refractivity contribution is 6.24. The number of hydrogen-bond acceptors (Lipinski definition) is 6. The molecule has 0 aromatic heterocycles. The van der Waals surface area contributed by atoms with E-state index in [0.717, 1.165) is 16.0 Å². The van der Waals surface area contributed by atoms with Gasteiger partial charge in [0.1, 0.15) is 17.6 Å². The second-order valence-corrected chi connectivity index (χ2v) is 8.75. The highest BCUT2D eigenvalue weighted by Crippen LogP contribution is 2.53. The highest BCUT2D eigenvalue weighted by atomic mass is 19.1. The molecule has 3 aromatic carbocycles. The minimum absolute atomic E-state index is 0.105. The van der Waals surface area contributed by atoms with E-state index in [1.165, 1.54) is 25.3 Å². The summed E-state index contributed by atoms with van der Waals surface area (Å²) in [4.78, 5) is 42.2. The first kappa shape index (κ1) is 21.2. The quantitative estimate of drug-likeness (QED) is 0.431. The molecule has 0 unspecified atom stereocenters. The number of methoxy groups -OCH3 is 1. The van der Waals surface area contributed by atoms with Crippen LogP contribution in [0, 0.1) is 17.7 Å². The number of amides is 2. The first-order valence-corrected chi connectivity index (χ1v) is 11.2. The molecular weight excluding hydrogens is 449 g/mol. The van der Waals surface area contributed by atoms with Gasteiger partial charge in [0, 0.05) is 5.56 Å². The summed E-state index contributed by atoms with van der Waals surface area (Å²) in [5.41, 5.74) is 1.88. The van der Waals surface area contributed by atoms with Gasteiger partial charge in [-0.1, -0.05) is 36.4 Å². The molecular formula is C27H20FN3O4. The monoisotopic (exact) mass is 469 g/mol. The third kappa shape index (κ3) is 3.02. The van der Waals surface area contributed by atoms with Gasteiger partial charge in [-0.05, 0) is 47.5 Å². The number of ether oxygens (including phenoxy) is 1. The Morgan fingerprint density at radius 3 is 2.34 bits per heavy atom. The molecule has 2 amide bonds. The third-order valence-electron chi connectivity index (χ3n) is 7.03. The summed E-state index contributed by atoms with van der Waals surface area (Å²) in [5, 5.41) is 6.11. The van der Waals surface area contributed by atoms with Gasteiger partial charge in [0.05, 0.1) is 36.9 Å². The van der Waals surface area contributed by atoms with Crippen LogP contribution >= 0.6 is 0 Å². The van der Waals surface area contributed by atoms with Gasteiger partial charge in [0.15, 0.2) is 5.78 Å². The predicted molar refractivity (Wildman–Crippen MR) is 126 cm³/mol. The Balaban J connectivity index is 1.49. The summed E-state index contributed by atoms with van der Waals surface area (Å²) in [6.45, 7) is 0. The molecule has 35 heavy (non-hydrogen) atoms. The molecule has 0 spiro atoms. The van der Waals surface area contributed by atoms with E-state index in [9.17, 15) is 18.8 Å². The lowest BCUT2D eigenvalue weighted by atomic mass is 9.83. The first-order chi connectivity index (χ1) is 17.0.